The number of nitrogens with zero attached hydrogens (tertiary/aromatic N) is 5. The average Bonchev–Trinajstić information content (AvgIpc) is 2.92. The second-order valence-corrected chi connectivity index (χ2v) is 10.6. The summed E-state index contributed by atoms with van der Waals surface area (Å²) in [6.45, 7) is 1.80. The first kappa shape index (κ1) is 26.6. The maximum atomic E-state index is 16.5. The SMILES string of the molecule is [2H]C([2H])(Oc1cc2n(c(=O)c1Cl)-c1c(cnc(-c3ccnc(C(C)(C)NC(C)=O)n3)c1F)CCCC2)c1ncc(F)cc1F. The van der Waals surface area contributed by atoms with Gasteiger partial charge in [0.15, 0.2) is 17.5 Å². The van der Waals surface area contributed by atoms with Crippen molar-refractivity contribution in [2.45, 2.75) is 58.6 Å². The molecule has 0 unspecified atom stereocenters. The van der Waals surface area contributed by atoms with E-state index in [1.807, 2.05) is 0 Å². The Balaban J connectivity index is 1.63. The maximum absolute atomic E-state index is 16.5. The lowest BCUT2D eigenvalue weighted by Crippen LogP contribution is -2.41. The highest BCUT2D eigenvalue weighted by molar-refractivity contribution is 6.31. The number of amides is 1. The molecule has 0 atom stereocenters. The highest BCUT2D eigenvalue weighted by Crippen LogP contribution is 2.33. The zero-order valence-corrected chi connectivity index (χ0v) is 23.5. The van der Waals surface area contributed by atoms with Crippen LogP contribution in [-0.4, -0.2) is 30.4 Å². The van der Waals surface area contributed by atoms with Crippen molar-refractivity contribution in [3.63, 3.8) is 0 Å². The van der Waals surface area contributed by atoms with Crippen molar-refractivity contribution < 1.29 is 25.4 Å². The van der Waals surface area contributed by atoms with Crippen molar-refractivity contribution in [1.82, 2.24) is 29.8 Å². The quantitative estimate of drug-likeness (QED) is 0.332. The number of nitrogens with one attached hydrogen (secondary N) is 1. The molecule has 1 aliphatic rings. The highest BCUT2D eigenvalue weighted by atomic mass is 35.5. The van der Waals surface area contributed by atoms with Gasteiger partial charge in [-0.25, -0.2) is 23.1 Å². The van der Waals surface area contributed by atoms with E-state index in [9.17, 15) is 18.4 Å². The van der Waals surface area contributed by atoms with E-state index in [2.05, 4.69) is 25.3 Å². The van der Waals surface area contributed by atoms with Crippen LogP contribution in [0.5, 0.6) is 5.75 Å². The number of ether oxygens (including phenoxy) is 1. The molecule has 0 aromatic carbocycles. The Morgan fingerprint density at radius 2 is 1.93 bits per heavy atom. The monoisotopic (exact) mass is 600 g/mol. The average molecular weight is 601 g/mol. The zero-order chi connectivity index (χ0) is 32.0. The molecular weight excluding hydrogens is 573 g/mol. The molecule has 9 nitrogen and oxygen atoms in total. The topological polar surface area (TPSA) is 112 Å². The van der Waals surface area contributed by atoms with Gasteiger partial charge in [0.25, 0.3) is 5.56 Å². The van der Waals surface area contributed by atoms with E-state index in [1.54, 1.807) is 13.8 Å². The molecule has 0 aliphatic carbocycles. The van der Waals surface area contributed by atoms with Crippen LogP contribution in [0.4, 0.5) is 13.2 Å². The summed E-state index contributed by atoms with van der Waals surface area (Å²) in [5.74, 6) is -3.68. The lowest BCUT2D eigenvalue weighted by molar-refractivity contribution is -0.120. The number of rotatable bonds is 6. The van der Waals surface area contributed by atoms with Gasteiger partial charge in [-0.1, -0.05) is 11.6 Å². The van der Waals surface area contributed by atoms with Gasteiger partial charge in [0.05, 0.1) is 25.9 Å². The van der Waals surface area contributed by atoms with Crippen molar-refractivity contribution >= 4 is 17.5 Å². The molecule has 0 radical (unpaired) electrons. The number of fused-ring (bicyclic) bond motifs is 3. The number of aromatic nitrogens is 5. The van der Waals surface area contributed by atoms with Gasteiger partial charge in [0.1, 0.15) is 34.5 Å². The molecule has 0 bridgehead atoms. The first-order valence-corrected chi connectivity index (χ1v) is 13.3. The molecule has 5 rings (SSSR count). The second kappa shape index (κ2) is 11.5. The number of carbonyl (C=O) groups is 1. The summed E-state index contributed by atoms with van der Waals surface area (Å²) < 4.78 is 67.1. The normalized spacial score (nSPS) is 14.1. The number of carbonyl (C=O) groups excluding carboxylic acids is 1. The summed E-state index contributed by atoms with van der Waals surface area (Å²) in [5.41, 5.74) is -2.21. The zero-order valence-electron chi connectivity index (χ0n) is 24.8. The fraction of sp³-hybridized carbons (Fsp3) is 0.310. The summed E-state index contributed by atoms with van der Waals surface area (Å²) >= 11 is 6.38. The Hall–Kier alpha value is -4.32. The molecule has 5 heterocycles. The van der Waals surface area contributed by atoms with Gasteiger partial charge in [0.2, 0.25) is 5.91 Å². The summed E-state index contributed by atoms with van der Waals surface area (Å²) in [7, 11) is 0. The maximum Gasteiger partial charge on any atom is 0.278 e. The van der Waals surface area contributed by atoms with E-state index < -0.39 is 51.6 Å². The minimum atomic E-state index is -2.94. The predicted molar refractivity (Wildman–Crippen MR) is 148 cm³/mol. The first-order valence-electron chi connectivity index (χ1n) is 13.9. The lowest BCUT2D eigenvalue weighted by Gasteiger charge is -2.24. The van der Waals surface area contributed by atoms with Crippen LogP contribution in [0.25, 0.3) is 17.1 Å². The molecule has 42 heavy (non-hydrogen) atoms. The molecule has 13 heteroatoms. The molecule has 0 fully saturated rings. The number of halogens is 4. The van der Waals surface area contributed by atoms with Crippen LogP contribution >= 0.6 is 11.6 Å². The van der Waals surface area contributed by atoms with Crippen LogP contribution in [0.15, 0.2) is 41.6 Å². The Morgan fingerprint density at radius 3 is 2.67 bits per heavy atom. The third-order valence-corrected chi connectivity index (χ3v) is 6.97. The van der Waals surface area contributed by atoms with E-state index in [1.165, 1.54) is 31.5 Å². The predicted octanol–water partition coefficient (Wildman–Crippen LogP) is 4.98. The molecular formula is C29H26ClF3N6O3. The Labute approximate surface area is 246 Å². The van der Waals surface area contributed by atoms with E-state index >= 15 is 4.39 Å². The standard InChI is InChI=1S/C29H26ClF3N6O3/c1-15(40)38-29(2,3)28-34-9-8-20(37-28)25-24(33)26-16(12-36-25)6-4-5-7-18-11-22(23(30)27(41)39(18)26)42-14-21-19(32)10-17(31)13-35-21/h8-13H,4-7,14H2,1-3H3,(H,38,40)/i14D2. The molecule has 4 aromatic heterocycles. The molecule has 1 aliphatic heterocycles. The van der Waals surface area contributed by atoms with Crippen LogP contribution < -0.4 is 15.6 Å². The number of pyridine rings is 3. The van der Waals surface area contributed by atoms with Gasteiger partial charge in [-0.3, -0.25) is 24.1 Å². The summed E-state index contributed by atoms with van der Waals surface area (Å²) in [6, 6.07) is 3.19. The smallest absolute Gasteiger partial charge is 0.278 e. The molecule has 1 N–H and O–H groups in total. The molecule has 1 amide bonds. The molecule has 0 saturated carbocycles. The summed E-state index contributed by atoms with van der Waals surface area (Å²) in [6.07, 6.45) is 5.37. The minimum absolute atomic E-state index is 0.0984. The third kappa shape index (κ3) is 5.71. The van der Waals surface area contributed by atoms with Gasteiger partial charge < -0.3 is 10.1 Å². The van der Waals surface area contributed by atoms with Crippen LogP contribution in [0.1, 0.15) is 59.1 Å². The molecule has 218 valence electrons. The molecule has 0 spiro atoms. The third-order valence-electron chi connectivity index (χ3n) is 6.63. The first-order chi connectivity index (χ1) is 20.7. The van der Waals surface area contributed by atoms with Gasteiger partial charge >= 0.3 is 0 Å². The fourth-order valence-corrected chi connectivity index (χ4v) is 4.91. The largest absolute Gasteiger partial charge is 0.485 e. The van der Waals surface area contributed by atoms with Gasteiger partial charge in [-0.05, 0) is 51.2 Å². The van der Waals surface area contributed by atoms with Crippen molar-refractivity contribution in [3.8, 4) is 22.8 Å². The van der Waals surface area contributed by atoms with Crippen molar-refractivity contribution in [1.29, 1.82) is 0 Å². The van der Waals surface area contributed by atoms with E-state index in [-0.39, 0.29) is 40.9 Å². The highest BCUT2D eigenvalue weighted by Gasteiger charge is 2.28. The van der Waals surface area contributed by atoms with Crippen molar-refractivity contribution in [3.05, 3.63) is 92.4 Å². The summed E-state index contributed by atoms with van der Waals surface area (Å²) in [4.78, 5) is 41.9. The summed E-state index contributed by atoms with van der Waals surface area (Å²) in [5, 5.41) is 2.15. The Morgan fingerprint density at radius 1 is 1.17 bits per heavy atom. The van der Waals surface area contributed by atoms with Crippen molar-refractivity contribution in [2.24, 2.45) is 0 Å². The van der Waals surface area contributed by atoms with E-state index in [0.717, 1.165) is 4.57 Å². The Kier molecular flexibility index (Phi) is 7.28. The van der Waals surface area contributed by atoms with Gasteiger partial charge in [-0.2, -0.15) is 0 Å². The number of hydrogen-bond acceptors (Lipinski definition) is 7. The Bertz CT molecular complexity index is 1850. The van der Waals surface area contributed by atoms with E-state index in [0.29, 0.717) is 37.1 Å². The molecule has 4 aromatic rings. The fourth-order valence-electron chi connectivity index (χ4n) is 4.74. The van der Waals surface area contributed by atoms with Crippen LogP contribution in [0.2, 0.25) is 5.02 Å². The minimum Gasteiger partial charge on any atom is -0.485 e. The molecule has 0 saturated heterocycles. The van der Waals surface area contributed by atoms with E-state index in [4.69, 9.17) is 19.1 Å². The van der Waals surface area contributed by atoms with Crippen LogP contribution in [-0.2, 0) is 29.7 Å². The van der Waals surface area contributed by atoms with Gasteiger partial charge in [0, 0.05) is 37.1 Å². The number of hydrogen-bond donors (Lipinski definition) is 1. The van der Waals surface area contributed by atoms with Gasteiger partial charge in [-0.15, -0.1) is 0 Å². The second-order valence-electron chi connectivity index (χ2n) is 10.2. The van der Waals surface area contributed by atoms with Crippen molar-refractivity contribution in [2.75, 3.05) is 0 Å². The van der Waals surface area contributed by atoms with Crippen LogP contribution in [0, 0.1) is 17.5 Å². The van der Waals surface area contributed by atoms with Crippen LogP contribution in [0.3, 0.4) is 0 Å². The number of aryl methyl sites for hydroxylation is 2. The lowest BCUT2D eigenvalue weighted by atomic mass is 10.0.